The van der Waals surface area contributed by atoms with Crippen molar-refractivity contribution in [1.29, 1.82) is 0 Å². The Kier molecular flexibility index (Phi) is 3.19. The number of hydrogen-bond acceptors (Lipinski definition) is 3. The van der Waals surface area contributed by atoms with Crippen molar-refractivity contribution in [3.8, 4) is 0 Å². The van der Waals surface area contributed by atoms with E-state index in [0.29, 0.717) is 10.2 Å². The summed E-state index contributed by atoms with van der Waals surface area (Å²) in [6, 6.07) is 3.40. The fourth-order valence-corrected chi connectivity index (χ4v) is 0.930. The Balaban J connectivity index is 2.75. The summed E-state index contributed by atoms with van der Waals surface area (Å²) in [5.74, 6) is -0.197. The number of aromatic nitrogens is 1. The van der Waals surface area contributed by atoms with Crippen LogP contribution in [0.2, 0.25) is 0 Å². The molecule has 0 spiro atoms. The van der Waals surface area contributed by atoms with Gasteiger partial charge in [0, 0.05) is 13.2 Å². The molecule has 0 aromatic carbocycles. The van der Waals surface area contributed by atoms with E-state index in [1.54, 1.807) is 19.2 Å². The van der Waals surface area contributed by atoms with E-state index in [1.807, 2.05) is 0 Å². The summed E-state index contributed by atoms with van der Waals surface area (Å²) in [6.45, 7) is 0. The number of rotatable bonds is 2. The molecule has 0 aliphatic heterocycles. The maximum Gasteiger partial charge on any atom is 0.266 e. The lowest BCUT2D eigenvalue weighted by atomic mass is 10.3. The first-order chi connectivity index (χ1) is 5.74. The van der Waals surface area contributed by atoms with Crippen LogP contribution in [0.5, 0.6) is 0 Å². The Morgan fingerprint density at radius 2 is 2.33 bits per heavy atom. The van der Waals surface area contributed by atoms with E-state index in [0.717, 1.165) is 0 Å². The molecule has 0 bridgehead atoms. The normalized spacial score (nSPS) is 9.50. The van der Waals surface area contributed by atoms with Crippen LogP contribution in [0, 0.1) is 0 Å². The third-order valence-corrected chi connectivity index (χ3v) is 1.70. The van der Waals surface area contributed by atoms with Crippen LogP contribution in [-0.4, -0.2) is 17.9 Å². The van der Waals surface area contributed by atoms with Gasteiger partial charge in [-0.2, -0.15) is 0 Å². The molecule has 0 aliphatic rings. The van der Waals surface area contributed by atoms with E-state index in [9.17, 15) is 4.79 Å². The summed E-state index contributed by atoms with van der Waals surface area (Å²) < 4.78 is 0.712. The van der Waals surface area contributed by atoms with Crippen molar-refractivity contribution in [2.45, 2.75) is 0 Å². The second kappa shape index (κ2) is 4.18. The molecule has 12 heavy (non-hydrogen) atoms. The fraction of sp³-hybridized carbons (Fsp3) is 0.143. The van der Waals surface area contributed by atoms with Crippen molar-refractivity contribution < 1.29 is 4.79 Å². The first-order valence-corrected chi connectivity index (χ1v) is 4.12. The largest absolute Gasteiger partial charge is 0.288 e. The van der Waals surface area contributed by atoms with Gasteiger partial charge in [-0.25, -0.2) is 10.4 Å². The van der Waals surface area contributed by atoms with Crippen LogP contribution < -0.4 is 10.9 Å². The monoisotopic (exact) mass is 229 g/mol. The van der Waals surface area contributed by atoms with Crippen molar-refractivity contribution in [1.82, 2.24) is 15.8 Å². The van der Waals surface area contributed by atoms with E-state index in [-0.39, 0.29) is 5.91 Å². The number of pyridine rings is 1. The number of carbonyl (C=O) groups excluding carboxylic acids is 1. The van der Waals surface area contributed by atoms with Crippen LogP contribution in [-0.2, 0) is 0 Å². The van der Waals surface area contributed by atoms with E-state index >= 15 is 0 Å². The number of nitrogens with zero attached hydrogens (tertiary/aromatic N) is 1. The Labute approximate surface area is 78.5 Å². The minimum atomic E-state index is -0.197. The van der Waals surface area contributed by atoms with Crippen molar-refractivity contribution in [2.24, 2.45) is 0 Å². The summed E-state index contributed by atoms with van der Waals surface area (Å²) in [6.07, 6.45) is 1.50. The molecule has 2 N–H and O–H groups in total. The van der Waals surface area contributed by atoms with Crippen LogP contribution in [0.4, 0.5) is 0 Å². The lowest BCUT2D eigenvalue weighted by Gasteiger charge is -2.01. The summed E-state index contributed by atoms with van der Waals surface area (Å²) in [5, 5.41) is 0. The van der Waals surface area contributed by atoms with E-state index in [4.69, 9.17) is 0 Å². The van der Waals surface area contributed by atoms with Crippen LogP contribution in [0.1, 0.15) is 10.4 Å². The van der Waals surface area contributed by atoms with Crippen molar-refractivity contribution in [3.05, 3.63) is 28.5 Å². The molecule has 1 aromatic heterocycles. The van der Waals surface area contributed by atoms with Gasteiger partial charge in [-0.1, -0.05) is 0 Å². The summed E-state index contributed by atoms with van der Waals surface area (Å²) in [5.41, 5.74) is 5.50. The molecular formula is C7H8BrN3O. The van der Waals surface area contributed by atoms with Crippen molar-refractivity contribution >= 4 is 21.8 Å². The van der Waals surface area contributed by atoms with Gasteiger partial charge in [0.1, 0.15) is 4.60 Å². The molecule has 0 unspecified atom stereocenters. The number of carbonyl (C=O) groups is 1. The highest BCUT2D eigenvalue weighted by Crippen LogP contribution is 2.05. The zero-order chi connectivity index (χ0) is 8.97. The summed E-state index contributed by atoms with van der Waals surface area (Å²) >= 11 is 3.18. The van der Waals surface area contributed by atoms with Gasteiger partial charge in [0.25, 0.3) is 5.91 Å². The van der Waals surface area contributed by atoms with Crippen molar-refractivity contribution in [3.63, 3.8) is 0 Å². The minimum Gasteiger partial charge on any atom is -0.288 e. The van der Waals surface area contributed by atoms with Gasteiger partial charge in [-0.3, -0.25) is 10.2 Å². The predicted octanol–water partition coefficient (Wildman–Crippen LogP) is 0.708. The van der Waals surface area contributed by atoms with Crippen LogP contribution >= 0.6 is 15.9 Å². The average molecular weight is 230 g/mol. The zero-order valence-electron chi connectivity index (χ0n) is 6.47. The van der Waals surface area contributed by atoms with E-state index in [2.05, 4.69) is 31.8 Å². The van der Waals surface area contributed by atoms with Crippen LogP contribution in [0.3, 0.4) is 0 Å². The van der Waals surface area contributed by atoms with Gasteiger partial charge in [-0.15, -0.1) is 0 Å². The molecule has 1 rings (SSSR count). The highest BCUT2D eigenvalue weighted by molar-refractivity contribution is 9.10. The van der Waals surface area contributed by atoms with Gasteiger partial charge in [0.15, 0.2) is 0 Å². The van der Waals surface area contributed by atoms with Crippen LogP contribution in [0.15, 0.2) is 22.9 Å². The Morgan fingerprint density at radius 3 is 2.83 bits per heavy atom. The number of hydrogen-bond donors (Lipinski definition) is 2. The molecular weight excluding hydrogens is 222 g/mol. The topological polar surface area (TPSA) is 54.0 Å². The standard InChI is InChI=1S/C7H8BrN3O/c1-9-11-7(12)5-2-3-6(8)10-4-5/h2-4,9H,1H3,(H,11,12). The van der Waals surface area contributed by atoms with Gasteiger partial charge in [0.2, 0.25) is 0 Å². The molecule has 0 fully saturated rings. The molecule has 1 heterocycles. The van der Waals surface area contributed by atoms with Crippen molar-refractivity contribution in [2.75, 3.05) is 7.05 Å². The third kappa shape index (κ3) is 2.28. The Hall–Kier alpha value is -0.940. The molecule has 0 atom stereocenters. The molecule has 5 heteroatoms. The maximum absolute atomic E-state index is 11.1. The van der Waals surface area contributed by atoms with Crippen LogP contribution in [0.25, 0.3) is 0 Å². The van der Waals surface area contributed by atoms with E-state index < -0.39 is 0 Å². The smallest absolute Gasteiger partial charge is 0.266 e. The molecule has 64 valence electrons. The second-order valence-electron chi connectivity index (χ2n) is 2.07. The highest BCUT2D eigenvalue weighted by Gasteiger charge is 2.02. The molecule has 1 aromatic rings. The molecule has 0 radical (unpaired) electrons. The first kappa shape index (κ1) is 9.15. The quantitative estimate of drug-likeness (QED) is 0.581. The number of amides is 1. The molecule has 0 saturated heterocycles. The summed E-state index contributed by atoms with van der Waals surface area (Å²) in [7, 11) is 1.63. The Bertz CT molecular complexity index is 272. The maximum atomic E-state index is 11.1. The number of hydrazine groups is 1. The van der Waals surface area contributed by atoms with Gasteiger partial charge in [-0.05, 0) is 28.1 Å². The zero-order valence-corrected chi connectivity index (χ0v) is 8.05. The minimum absolute atomic E-state index is 0.197. The highest BCUT2D eigenvalue weighted by atomic mass is 79.9. The predicted molar refractivity (Wildman–Crippen MR) is 48.5 cm³/mol. The first-order valence-electron chi connectivity index (χ1n) is 3.32. The summed E-state index contributed by atoms with van der Waals surface area (Å²) in [4.78, 5) is 15.0. The Morgan fingerprint density at radius 1 is 1.58 bits per heavy atom. The lowest BCUT2D eigenvalue weighted by molar-refractivity contribution is 0.0937. The average Bonchev–Trinajstić information content (AvgIpc) is 2.06. The second-order valence-corrected chi connectivity index (χ2v) is 2.89. The molecule has 0 aliphatic carbocycles. The van der Waals surface area contributed by atoms with E-state index in [1.165, 1.54) is 6.20 Å². The molecule has 4 nitrogen and oxygen atoms in total. The third-order valence-electron chi connectivity index (χ3n) is 1.23. The van der Waals surface area contributed by atoms with Gasteiger partial charge in [0.05, 0.1) is 5.56 Å². The SMILES string of the molecule is CNNC(=O)c1ccc(Br)nc1. The molecule has 0 saturated carbocycles. The lowest BCUT2D eigenvalue weighted by Crippen LogP contribution is -2.34. The fourth-order valence-electron chi connectivity index (χ4n) is 0.696. The van der Waals surface area contributed by atoms with Gasteiger partial charge >= 0.3 is 0 Å². The molecule has 1 amide bonds. The number of nitrogens with one attached hydrogen (secondary N) is 2. The number of halogens is 1. The van der Waals surface area contributed by atoms with Gasteiger partial charge < -0.3 is 0 Å².